The maximum absolute atomic E-state index is 13.4. The van der Waals surface area contributed by atoms with Crippen LogP contribution in [0.2, 0.25) is 0 Å². The molecule has 9 heteroatoms. The monoisotopic (exact) mass is 639 g/mol. The van der Waals surface area contributed by atoms with E-state index in [9.17, 15) is 9.59 Å². The van der Waals surface area contributed by atoms with Crippen LogP contribution in [0, 0.1) is 5.92 Å². The number of nitrogens with zero attached hydrogens (tertiary/aromatic N) is 4. The minimum atomic E-state index is -0.208. The molecule has 0 unspecified atom stereocenters. The first-order valence-corrected chi connectivity index (χ1v) is 16.9. The lowest BCUT2D eigenvalue weighted by atomic mass is 10.1. The predicted molar refractivity (Wildman–Crippen MR) is 191 cm³/mol. The maximum Gasteiger partial charge on any atom is 0.255 e. The van der Waals surface area contributed by atoms with Gasteiger partial charge >= 0.3 is 0 Å². The number of piperazine rings is 1. The number of anilines is 3. The summed E-state index contributed by atoms with van der Waals surface area (Å²) in [7, 11) is 0. The molecule has 4 N–H and O–H groups in total. The van der Waals surface area contributed by atoms with Crippen molar-refractivity contribution in [2.24, 2.45) is 11.7 Å². The molecule has 1 saturated heterocycles. The lowest BCUT2D eigenvalue weighted by Gasteiger charge is -2.36. The Kier molecular flexibility index (Phi) is 9.40. The van der Waals surface area contributed by atoms with Gasteiger partial charge in [0.25, 0.3) is 5.91 Å². The van der Waals surface area contributed by atoms with Gasteiger partial charge in [0.2, 0.25) is 11.9 Å². The van der Waals surface area contributed by atoms with Crippen LogP contribution < -0.4 is 16.4 Å². The van der Waals surface area contributed by atoms with Crippen molar-refractivity contribution in [1.82, 2.24) is 19.8 Å². The maximum atomic E-state index is 13.4. The van der Waals surface area contributed by atoms with Crippen molar-refractivity contribution >= 4 is 40.0 Å². The van der Waals surface area contributed by atoms with Crippen molar-refractivity contribution in [2.45, 2.75) is 38.8 Å². The normalized spacial score (nSPS) is 15.5. The number of hydrogen-bond acceptors (Lipinski definition) is 7. The fraction of sp³-hybridized carbons (Fsp3) is 0.282. The van der Waals surface area contributed by atoms with E-state index in [0.29, 0.717) is 24.0 Å². The minimum absolute atomic E-state index is 0.208. The molecule has 9 nitrogen and oxygen atoms in total. The van der Waals surface area contributed by atoms with Crippen LogP contribution >= 0.6 is 0 Å². The SMILES string of the molecule is NCc1ccc(CN2CCN(C(=O)C3CCCC3)CC2)cc1NC(=O)c1ccc(Nc2nc(-c3ccccc3)c3ccccc3n2)cc1. The van der Waals surface area contributed by atoms with Gasteiger partial charge in [-0.3, -0.25) is 14.5 Å². The zero-order chi connectivity index (χ0) is 32.9. The van der Waals surface area contributed by atoms with Gasteiger partial charge in [0, 0.05) is 73.1 Å². The average Bonchev–Trinajstić information content (AvgIpc) is 3.68. The molecule has 5 aromatic rings. The summed E-state index contributed by atoms with van der Waals surface area (Å²) in [6, 6.07) is 31.4. The zero-order valence-electron chi connectivity index (χ0n) is 27.1. The summed E-state index contributed by atoms with van der Waals surface area (Å²) in [5, 5.41) is 7.38. The van der Waals surface area contributed by atoms with Crippen LogP contribution in [0.5, 0.6) is 0 Å². The van der Waals surface area contributed by atoms with E-state index in [0.717, 1.165) is 90.2 Å². The molecule has 48 heavy (non-hydrogen) atoms. The third-order valence-corrected chi connectivity index (χ3v) is 9.49. The molecule has 2 fully saturated rings. The molecule has 2 amide bonds. The number of nitrogens with two attached hydrogens (primary N) is 1. The van der Waals surface area contributed by atoms with Gasteiger partial charge in [0.1, 0.15) is 0 Å². The molecule has 0 atom stereocenters. The highest BCUT2D eigenvalue weighted by molar-refractivity contribution is 6.05. The van der Waals surface area contributed by atoms with Crippen LogP contribution in [-0.2, 0) is 17.9 Å². The standard InChI is InChI=1S/C39H41N7O2/c40-25-31-15-14-27(26-45-20-22-46(23-21-45)38(48)30-10-4-5-11-30)24-35(31)42-37(47)29-16-18-32(19-17-29)41-39-43-34-13-7-6-12-33(34)36(44-39)28-8-2-1-3-9-28/h1-3,6-9,12-19,24,30H,4-5,10-11,20-23,25-26,40H2,(H,42,47)(H,41,43,44). The van der Waals surface area contributed by atoms with E-state index in [4.69, 9.17) is 15.7 Å². The number of rotatable bonds is 9. The van der Waals surface area contributed by atoms with Gasteiger partial charge in [-0.2, -0.15) is 0 Å². The van der Waals surface area contributed by atoms with Crippen LogP contribution in [0.25, 0.3) is 22.2 Å². The summed E-state index contributed by atoms with van der Waals surface area (Å²) in [5.41, 5.74) is 12.8. The Morgan fingerprint density at radius 2 is 1.54 bits per heavy atom. The molecule has 0 radical (unpaired) electrons. The summed E-state index contributed by atoms with van der Waals surface area (Å²) in [4.78, 5) is 40.2. The molecule has 1 aliphatic heterocycles. The Morgan fingerprint density at radius 3 is 2.29 bits per heavy atom. The Hall–Kier alpha value is -5.12. The van der Waals surface area contributed by atoms with Crippen LogP contribution in [0.15, 0.2) is 97.1 Å². The second-order valence-corrected chi connectivity index (χ2v) is 12.7. The first-order valence-electron chi connectivity index (χ1n) is 16.9. The van der Waals surface area contributed by atoms with Crippen molar-refractivity contribution in [3.8, 4) is 11.3 Å². The van der Waals surface area contributed by atoms with Crippen LogP contribution in [0.4, 0.5) is 17.3 Å². The largest absolute Gasteiger partial charge is 0.340 e. The van der Waals surface area contributed by atoms with E-state index in [1.807, 2.05) is 83.8 Å². The lowest BCUT2D eigenvalue weighted by molar-refractivity contribution is -0.137. The zero-order valence-corrected chi connectivity index (χ0v) is 27.1. The van der Waals surface area contributed by atoms with Crippen molar-refractivity contribution in [3.63, 3.8) is 0 Å². The average molecular weight is 640 g/mol. The van der Waals surface area contributed by atoms with Gasteiger partial charge in [-0.05, 0) is 60.4 Å². The van der Waals surface area contributed by atoms with E-state index in [1.54, 1.807) is 12.1 Å². The molecule has 2 aliphatic rings. The van der Waals surface area contributed by atoms with E-state index in [-0.39, 0.29) is 11.8 Å². The number of carbonyl (C=O) groups is 2. The second kappa shape index (κ2) is 14.3. The first kappa shape index (κ1) is 31.5. The van der Waals surface area contributed by atoms with Gasteiger partial charge in [-0.25, -0.2) is 9.97 Å². The second-order valence-electron chi connectivity index (χ2n) is 12.7. The van der Waals surface area contributed by atoms with Crippen molar-refractivity contribution in [3.05, 3.63) is 114 Å². The van der Waals surface area contributed by atoms with E-state index >= 15 is 0 Å². The molecule has 4 aromatic carbocycles. The number of aromatic nitrogens is 2. The van der Waals surface area contributed by atoms with Crippen LogP contribution in [0.3, 0.4) is 0 Å². The number of nitrogens with one attached hydrogen (secondary N) is 2. The van der Waals surface area contributed by atoms with Crippen molar-refractivity contribution in [1.29, 1.82) is 0 Å². The molecule has 244 valence electrons. The first-order chi connectivity index (χ1) is 23.5. The molecule has 0 bridgehead atoms. The fourth-order valence-electron chi connectivity index (χ4n) is 6.81. The third kappa shape index (κ3) is 7.07. The minimum Gasteiger partial charge on any atom is -0.340 e. The number of para-hydroxylation sites is 1. The number of fused-ring (bicyclic) bond motifs is 1. The predicted octanol–water partition coefficient (Wildman–Crippen LogP) is 6.59. The summed E-state index contributed by atoms with van der Waals surface area (Å²) >= 11 is 0. The summed E-state index contributed by atoms with van der Waals surface area (Å²) in [6.07, 6.45) is 4.43. The number of amides is 2. The molecular formula is C39H41N7O2. The molecule has 1 aliphatic carbocycles. The molecular weight excluding hydrogens is 598 g/mol. The van der Waals surface area contributed by atoms with Gasteiger partial charge < -0.3 is 21.3 Å². The van der Waals surface area contributed by atoms with E-state index < -0.39 is 0 Å². The Balaban J connectivity index is 0.999. The van der Waals surface area contributed by atoms with Crippen LogP contribution in [-0.4, -0.2) is 57.8 Å². The van der Waals surface area contributed by atoms with Crippen molar-refractivity contribution in [2.75, 3.05) is 36.8 Å². The highest BCUT2D eigenvalue weighted by Crippen LogP contribution is 2.29. The lowest BCUT2D eigenvalue weighted by Crippen LogP contribution is -2.49. The quantitative estimate of drug-likeness (QED) is 0.167. The van der Waals surface area contributed by atoms with Gasteiger partial charge in [0.15, 0.2) is 0 Å². The Morgan fingerprint density at radius 1 is 0.812 bits per heavy atom. The fourth-order valence-corrected chi connectivity index (χ4v) is 6.81. The summed E-state index contributed by atoms with van der Waals surface area (Å²) < 4.78 is 0. The van der Waals surface area contributed by atoms with E-state index in [2.05, 4.69) is 21.6 Å². The number of hydrogen-bond donors (Lipinski definition) is 3. The highest BCUT2D eigenvalue weighted by Gasteiger charge is 2.29. The molecule has 1 aromatic heterocycles. The number of carbonyl (C=O) groups excluding carboxylic acids is 2. The molecule has 2 heterocycles. The summed E-state index contributed by atoms with van der Waals surface area (Å²) in [6.45, 7) is 4.30. The van der Waals surface area contributed by atoms with Crippen molar-refractivity contribution < 1.29 is 9.59 Å². The van der Waals surface area contributed by atoms with Gasteiger partial charge in [0.05, 0.1) is 11.2 Å². The summed E-state index contributed by atoms with van der Waals surface area (Å²) in [5.74, 6) is 0.843. The van der Waals surface area contributed by atoms with Crippen LogP contribution in [0.1, 0.15) is 47.2 Å². The van der Waals surface area contributed by atoms with Gasteiger partial charge in [-0.1, -0.05) is 73.5 Å². The topological polar surface area (TPSA) is 116 Å². The number of benzene rings is 4. The molecule has 0 spiro atoms. The third-order valence-electron chi connectivity index (χ3n) is 9.49. The van der Waals surface area contributed by atoms with E-state index in [1.165, 1.54) is 12.8 Å². The Labute approximate surface area is 281 Å². The Bertz CT molecular complexity index is 1900. The molecule has 1 saturated carbocycles. The highest BCUT2D eigenvalue weighted by atomic mass is 16.2. The van der Waals surface area contributed by atoms with Gasteiger partial charge in [-0.15, -0.1) is 0 Å². The smallest absolute Gasteiger partial charge is 0.255 e. The molecule has 7 rings (SSSR count).